The van der Waals surface area contributed by atoms with E-state index in [1.165, 1.54) is 4.90 Å². The van der Waals surface area contributed by atoms with Gasteiger partial charge in [0.05, 0.1) is 11.5 Å². The van der Waals surface area contributed by atoms with Crippen LogP contribution in [0, 0.1) is 5.92 Å². The number of halogens is 4. The van der Waals surface area contributed by atoms with Crippen molar-refractivity contribution in [2.24, 2.45) is 5.92 Å². The summed E-state index contributed by atoms with van der Waals surface area (Å²) in [5.41, 5.74) is 0.403. The van der Waals surface area contributed by atoms with Crippen LogP contribution >= 0.6 is 15.9 Å². The smallest absolute Gasteiger partial charge is 0.338 e. The summed E-state index contributed by atoms with van der Waals surface area (Å²) in [5.74, 6) is -1.75. The molecule has 0 saturated carbocycles. The third-order valence-corrected chi connectivity index (χ3v) is 3.73. The van der Waals surface area contributed by atoms with Gasteiger partial charge in [0.1, 0.15) is 0 Å². The van der Waals surface area contributed by atoms with Gasteiger partial charge in [-0.25, -0.2) is 0 Å². The zero-order valence-corrected chi connectivity index (χ0v) is 11.0. The summed E-state index contributed by atoms with van der Waals surface area (Å²) in [6, 6.07) is 6.75. The SMILES string of the molecule is O=C(c1ccccc1Br)N1CCC(C(F)(F)F)C1. The van der Waals surface area contributed by atoms with Crippen LogP contribution in [0.2, 0.25) is 0 Å². The Morgan fingerprint density at radius 3 is 2.56 bits per heavy atom. The average Bonchev–Trinajstić information content (AvgIpc) is 2.77. The molecule has 98 valence electrons. The Kier molecular flexibility index (Phi) is 3.66. The number of carbonyl (C=O) groups excluding carboxylic acids is 1. The summed E-state index contributed by atoms with van der Waals surface area (Å²) >= 11 is 3.23. The normalized spacial score (nSPS) is 20.2. The summed E-state index contributed by atoms with van der Waals surface area (Å²) < 4.78 is 38.2. The highest BCUT2D eigenvalue weighted by atomic mass is 79.9. The highest BCUT2D eigenvalue weighted by Crippen LogP contribution is 2.34. The number of likely N-dealkylation sites (tertiary alicyclic amines) is 1. The Labute approximate surface area is 111 Å². The first-order valence-corrected chi connectivity index (χ1v) is 6.29. The van der Waals surface area contributed by atoms with Crippen LogP contribution in [0.4, 0.5) is 13.2 Å². The van der Waals surface area contributed by atoms with Gasteiger partial charge in [-0.2, -0.15) is 13.2 Å². The van der Waals surface area contributed by atoms with Crippen LogP contribution in [0.15, 0.2) is 28.7 Å². The van der Waals surface area contributed by atoms with Crippen molar-refractivity contribution < 1.29 is 18.0 Å². The maximum absolute atomic E-state index is 12.5. The lowest BCUT2D eigenvalue weighted by atomic mass is 10.1. The molecule has 0 aromatic heterocycles. The number of hydrogen-bond donors (Lipinski definition) is 0. The molecule has 1 heterocycles. The van der Waals surface area contributed by atoms with E-state index in [0.717, 1.165) is 0 Å². The third-order valence-electron chi connectivity index (χ3n) is 3.04. The minimum Gasteiger partial charge on any atom is -0.338 e. The summed E-state index contributed by atoms with van der Waals surface area (Å²) in [6.45, 7) is -0.0893. The van der Waals surface area contributed by atoms with Gasteiger partial charge in [0.25, 0.3) is 5.91 Å². The monoisotopic (exact) mass is 321 g/mol. The fraction of sp³-hybridized carbons (Fsp3) is 0.417. The van der Waals surface area contributed by atoms with Crippen molar-refractivity contribution >= 4 is 21.8 Å². The minimum absolute atomic E-state index is 0.0142. The molecule has 0 bridgehead atoms. The van der Waals surface area contributed by atoms with Crippen LogP contribution in [0.25, 0.3) is 0 Å². The van der Waals surface area contributed by atoms with Crippen molar-refractivity contribution in [2.45, 2.75) is 12.6 Å². The van der Waals surface area contributed by atoms with Crippen molar-refractivity contribution in [2.75, 3.05) is 13.1 Å². The second-order valence-electron chi connectivity index (χ2n) is 4.26. The van der Waals surface area contributed by atoms with Gasteiger partial charge in [0.2, 0.25) is 0 Å². The van der Waals surface area contributed by atoms with Gasteiger partial charge < -0.3 is 4.90 Å². The molecule has 0 aliphatic carbocycles. The van der Waals surface area contributed by atoms with E-state index >= 15 is 0 Å². The molecule has 1 unspecified atom stereocenters. The van der Waals surface area contributed by atoms with Crippen molar-refractivity contribution in [3.8, 4) is 0 Å². The Hall–Kier alpha value is -1.04. The van der Waals surface area contributed by atoms with Gasteiger partial charge in [0, 0.05) is 17.6 Å². The number of nitrogens with zero attached hydrogens (tertiary/aromatic N) is 1. The Morgan fingerprint density at radius 2 is 2.00 bits per heavy atom. The van der Waals surface area contributed by atoms with E-state index in [1.807, 2.05) is 0 Å². The molecule has 2 rings (SSSR count). The van der Waals surface area contributed by atoms with Crippen molar-refractivity contribution in [3.05, 3.63) is 34.3 Å². The third kappa shape index (κ3) is 2.68. The van der Waals surface area contributed by atoms with Gasteiger partial charge in [0.15, 0.2) is 0 Å². The molecular weight excluding hydrogens is 311 g/mol. The second kappa shape index (κ2) is 4.91. The van der Waals surface area contributed by atoms with Crippen LogP contribution in [-0.2, 0) is 0 Å². The van der Waals surface area contributed by atoms with E-state index < -0.39 is 12.1 Å². The predicted octanol–water partition coefficient (Wildman–Crippen LogP) is 3.47. The molecule has 18 heavy (non-hydrogen) atoms. The van der Waals surface area contributed by atoms with Crippen LogP contribution < -0.4 is 0 Å². The van der Waals surface area contributed by atoms with E-state index in [1.54, 1.807) is 24.3 Å². The molecule has 1 atom stereocenters. The second-order valence-corrected chi connectivity index (χ2v) is 5.11. The van der Waals surface area contributed by atoms with E-state index in [-0.39, 0.29) is 25.4 Å². The van der Waals surface area contributed by atoms with E-state index in [4.69, 9.17) is 0 Å². The summed E-state index contributed by atoms with van der Waals surface area (Å²) in [4.78, 5) is 13.3. The highest BCUT2D eigenvalue weighted by Gasteiger charge is 2.44. The maximum atomic E-state index is 12.5. The van der Waals surface area contributed by atoms with E-state index in [9.17, 15) is 18.0 Å². The zero-order valence-electron chi connectivity index (χ0n) is 9.38. The van der Waals surface area contributed by atoms with Gasteiger partial charge in [-0.15, -0.1) is 0 Å². The Balaban J connectivity index is 2.11. The summed E-state index contributed by atoms with van der Waals surface area (Å²) in [5, 5.41) is 0. The predicted molar refractivity (Wildman–Crippen MR) is 64.2 cm³/mol. The molecule has 1 aliphatic heterocycles. The van der Waals surface area contributed by atoms with Crippen LogP contribution in [-0.4, -0.2) is 30.1 Å². The fourth-order valence-corrected chi connectivity index (χ4v) is 2.47. The van der Waals surface area contributed by atoms with Crippen molar-refractivity contribution in [3.63, 3.8) is 0 Å². The number of rotatable bonds is 1. The molecule has 1 amide bonds. The fourth-order valence-electron chi connectivity index (χ4n) is 2.02. The molecule has 0 N–H and O–H groups in total. The Morgan fingerprint density at radius 1 is 1.33 bits per heavy atom. The molecular formula is C12H11BrF3NO. The van der Waals surface area contributed by atoms with Gasteiger partial charge >= 0.3 is 6.18 Å². The van der Waals surface area contributed by atoms with Crippen LogP contribution in [0.5, 0.6) is 0 Å². The lowest BCUT2D eigenvalue weighted by molar-refractivity contribution is -0.169. The average molecular weight is 322 g/mol. The molecule has 1 aromatic rings. The number of benzene rings is 1. The first kappa shape index (κ1) is 13.4. The largest absolute Gasteiger partial charge is 0.393 e. The van der Waals surface area contributed by atoms with E-state index in [0.29, 0.717) is 10.0 Å². The standard InChI is InChI=1S/C12H11BrF3NO/c13-10-4-2-1-3-9(10)11(18)17-6-5-8(7-17)12(14,15)16/h1-4,8H,5-7H2. The minimum atomic E-state index is -4.22. The van der Waals surface area contributed by atoms with Crippen LogP contribution in [0.1, 0.15) is 16.8 Å². The summed E-state index contributed by atoms with van der Waals surface area (Å²) in [6.07, 6.45) is -4.23. The number of alkyl halides is 3. The molecule has 0 spiro atoms. The topological polar surface area (TPSA) is 20.3 Å². The molecule has 2 nitrogen and oxygen atoms in total. The lowest BCUT2D eigenvalue weighted by Gasteiger charge is -2.18. The molecule has 1 aromatic carbocycles. The molecule has 1 aliphatic rings. The summed E-state index contributed by atoms with van der Waals surface area (Å²) in [7, 11) is 0. The maximum Gasteiger partial charge on any atom is 0.393 e. The molecule has 1 fully saturated rings. The molecule has 6 heteroatoms. The zero-order chi connectivity index (χ0) is 13.3. The van der Waals surface area contributed by atoms with Gasteiger partial charge in [-0.1, -0.05) is 12.1 Å². The molecule has 1 saturated heterocycles. The number of hydrogen-bond acceptors (Lipinski definition) is 1. The van der Waals surface area contributed by atoms with Gasteiger partial charge in [-0.05, 0) is 34.5 Å². The number of amides is 1. The first-order chi connectivity index (χ1) is 8.39. The highest BCUT2D eigenvalue weighted by molar-refractivity contribution is 9.10. The van der Waals surface area contributed by atoms with Crippen molar-refractivity contribution in [1.82, 2.24) is 4.90 Å². The Bertz CT molecular complexity index is 461. The first-order valence-electron chi connectivity index (χ1n) is 5.50. The van der Waals surface area contributed by atoms with Crippen LogP contribution in [0.3, 0.4) is 0 Å². The van der Waals surface area contributed by atoms with E-state index in [2.05, 4.69) is 15.9 Å². The molecule has 0 radical (unpaired) electrons. The van der Waals surface area contributed by atoms with Gasteiger partial charge in [-0.3, -0.25) is 4.79 Å². The quantitative estimate of drug-likeness (QED) is 0.775. The van der Waals surface area contributed by atoms with Crippen molar-refractivity contribution in [1.29, 1.82) is 0 Å². The lowest BCUT2D eigenvalue weighted by Crippen LogP contribution is -2.32. The number of carbonyl (C=O) groups is 1.